The number of aryl methyl sites for hydroxylation is 1. The van der Waals surface area contributed by atoms with Gasteiger partial charge in [0.2, 0.25) is 0 Å². The second-order valence-electron chi connectivity index (χ2n) is 9.13. The zero-order valence-electron chi connectivity index (χ0n) is 17.2. The fourth-order valence-electron chi connectivity index (χ4n) is 4.96. The largest absolute Gasteiger partial charge is 0.337 e. The van der Waals surface area contributed by atoms with E-state index in [0.717, 1.165) is 13.1 Å². The first-order chi connectivity index (χ1) is 13.0. The molecule has 2 aliphatic rings. The number of hydrogen-bond acceptors (Lipinski definition) is 3. The predicted molar refractivity (Wildman–Crippen MR) is 111 cm³/mol. The Morgan fingerprint density at radius 1 is 1.00 bits per heavy atom. The Morgan fingerprint density at radius 2 is 1.74 bits per heavy atom. The van der Waals surface area contributed by atoms with Gasteiger partial charge in [0, 0.05) is 39.1 Å². The second kappa shape index (κ2) is 7.76. The second-order valence-corrected chi connectivity index (χ2v) is 9.13. The third-order valence-corrected chi connectivity index (χ3v) is 6.60. The van der Waals surface area contributed by atoms with Crippen LogP contribution in [0.2, 0.25) is 0 Å². The van der Waals surface area contributed by atoms with Crippen molar-refractivity contribution in [3.8, 4) is 0 Å². The fourth-order valence-corrected chi connectivity index (χ4v) is 4.96. The highest BCUT2D eigenvalue weighted by Gasteiger charge is 2.41. The van der Waals surface area contributed by atoms with E-state index in [0.29, 0.717) is 11.3 Å². The van der Waals surface area contributed by atoms with Gasteiger partial charge in [-0.05, 0) is 54.8 Å². The number of imidazole rings is 1. The van der Waals surface area contributed by atoms with Crippen LogP contribution in [0.25, 0.3) is 0 Å². The summed E-state index contributed by atoms with van der Waals surface area (Å²) in [7, 11) is 2.10. The molecule has 2 aromatic rings. The summed E-state index contributed by atoms with van der Waals surface area (Å²) in [4.78, 5) is 9.82. The third-order valence-electron chi connectivity index (χ3n) is 6.60. The van der Waals surface area contributed by atoms with Crippen LogP contribution in [0.15, 0.2) is 36.7 Å². The number of nitrogens with zero attached hydrogens (tertiary/aromatic N) is 4. The van der Waals surface area contributed by atoms with Crippen molar-refractivity contribution >= 4 is 0 Å². The standard InChI is InChI=1S/C23H34N4/c1-19(2)21-7-5-20(6-8-21)15-26-12-4-9-23(17-26)10-13-27(18-23)16-22-24-11-14-25(22)3/h5-8,11,14,19H,4,9-10,12-13,15-18H2,1-3H3. The Hall–Kier alpha value is -1.65. The van der Waals surface area contributed by atoms with Crippen LogP contribution in [0, 0.1) is 5.41 Å². The molecule has 2 aliphatic heterocycles. The number of benzene rings is 1. The number of likely N-dealkylation sites (tertiary alicyclic amines) is 2. The van der Waals surface area contributed by atoms with E-state index >= 15 is 0 Å². The molecule has 27 heavy (non-hydrogen) atoms. The summed E-state index contributed by atoms with van der Waals surface area (Å²) in [5.74, 6) is 1.80. The lowest BCUT2D eigenvalue weighted by molar-refractivity contribution is 0.0862. The van der Waals surface area contributed by atoms with Crippen LogP contribution in [0.3, 0.4) is 0 Å². The van der Waals surface area contributed by atoms with E-state index in [1.165, 1.54) is 62.4 Å². The molecule has 3 heterocycles. The summed E-state index contributed by atoms with van der Waals surface area (Å²) in [6, 6.07) is 9.28. The van der Waals surface area contributed by atoms with E-state index in [9.17, 15) is 0 Å². The van der Waals surface area contributed by atoms with Gasteiger partial charge in [0.15, 0.2) is 0 Å². The van der Waals surface area contributed by atoms with E-state index in [-0.39, 0.29) is 0 Å². The molecule has 1 unspecified atom stereocenters. The molecule has 4 rings (SSSR count). The quantitative estimate of drug-likeness (QED) is 0.798. The highest BCUT2D eigenvalue weighted by atomic mass is 15.2. The maximum atomic E-state index is 4.51. The van der Waals surface area contributed by atoms with Gasteiger partial charge < -0.3 is 4.57 Å². The Kier molecular flexibility index (Phi) is 5.38. The van der Waals surface area contributed by atoms with Crippen molar-refractivity contribution in [3.63, 3.8) is 0 Å². The molecule has 146 valence electrons. The van der Waals surface area contributed by atoms with Crippen molar-refractivity contribution < 1.29 is 0 Å². The topological polar surface area (TPSA) is 24.3 Å². The van der Waals surface area contributed by atoms with E-state index in [4.69, 9.17) is 0 Å². The Balaban J connectivity index is 1.36. The number of hydrogen-bond donors (Lipinski definition) is 0. The lowest BCUT2D eigenvalue weighted by Gasteiger charge is -2.40. The molecule has 0 amide bonds. The summed E-state index contributed by atoms with van der Waals surface area (Å²) in [6.07, 6.45) is 8.01. The van der Waals surface area contributed by atoms with Gasteiger partial charge in [0.1, 0.15) is 5.82 Å². The van der Waals surface area contributed by atoms with Crippen molar-refractivity contribution in [2.24, 2.45) is 12.5 Å². The summed E-state index contributed by atoms with van der Waals surface area (Å²) in [5.41, 5.74) is 3.38. The van der Waals surface area contributed by atoms with E-state index in [1.54, 1.807) is 0 Å². The van der Waals surface area contributed by atoms with E-state index < -0.39 is 0 Å². The lowest BCUT2D eigenvalue weighted by Crippen LogP contribution is -2.44. The molecule has 0 N–H and O–H groups in total. The molecule has 1 atom stereocenters. The van der Waals surface area contributed by atoms with Gasteiger partial charge in [-0.3, -0.25) is 9.80 Å². The monoisotopic (exact) mass is 366 g/mol. The van der Waals surface area contributed by atoms with Gasteiger partial charge in [-0.2, -0.15) is 0 Å². The maximum absolute atomic E-state index is 4.51. The fraction of sp³-hybridized carbons (Fsp3) is 0.609. The van der Waals surface area contributed by atoms with Gasteiger partial charge in [0.05, 0.1) is 6.54 Å². The van der Waals surface area contributed by atoms with Crippen molar-refractivity contribution in [2.75, 3.05) is 26.2 Å². The molecule has 0 bridgehead atoms. The average molecular weight is 367 g/mol. The smallest absolute Gasteiger partial charge is 0.122 e. The third kappa shape index (κ3) is 4.27. The predicted octanol–water partition coefficient (Wildman–Crippen LogP) is 4.03. The van der Waals surface area contributed by atoms with Gasteiger partial charge in [-0.25, -0.2) is 4.98 Å². The minimum Gasteiger partial charge on any atom is -0.337 e. The molecule has 2 fully saturated rings. The molecular weight excluding hydrogens is 332 g/mol. The van der Waals surface area contributed by atoms with Gasteiger partial charge in [-0.1, -0.05) is 38.1 Å². The maximum Gasteiger partial charge on any atom is 0.122 e. The molecular formula is C23H34N4. The SMILES string of the molecule is CC(C)c1ccc(CN2CCCC3(CCN(Cc4nccn4C)C3)C2)cc1. The van der Waals surface area contributed by atoms with Crippen LogP contribution in [0.1, 0.15) is 56.0 Å². The molecule has 1 aromatic heterocycles. The molecule has 4 nitrogen and oxygen atoms in total. The first-order valence-electron chi connectivity index (χ1n) is 10.5. The minimum atomic E-state index is 0.487. The molecule has 2 saturated heterocycles. The highest BCUT2D eigenvalue weighted by Crippen LogP contribution is 2.39. The number of rotatable bonds is 5. The molecule has 1 aromatic carbocycles. The van der Waals surface area contributed by atoms with Crippen molar-refractivity contribution in [1.82, 2.24) is 19.4 Å². The summed E-state index contributed by atoms with van der Waals surface area (Å²) in [6.45, 7) is 11.5. The van der Waals surface area contributed by atoms with Crippen LogP contribution in [0.5, 0.6) is 0 Å². The average Bonchev–Trinajstić information content (AvgIpc) is 3.22. The zero-order chi connectivity index (χ0) is 18.9. The molecule has 0 saturated carbocycles. The first-order valence-corrected chi connectivity index (χ1v) is 10.5. The lowest BCUT2D eigenvalue weighted by atomic mass is 9.79. The summed E-state index contributed by atoms with van der Waals surface area (Å²) in [5, 5.41) is 0. The van der Waals surface area contributed by atoms with Gasteiger partial charge >= 0.3 is 0 Å². The minimum absolute atomic E-state index is 0.487. The normalized spacial score (nSPS) is 24.3. The first kappa shape index (κ1) is 18.7. The van der Waals surface area contributed by atoms with Crippen LogP contribution < -0.4 is 0 Å². The van der Waals surface area contributed by atoms with Crippen LogP contribution in [-0.2, 0) is 20.1 Å². The van der Waals surface area contributed by atoms with Crippen LogP contribution in [0.4, 0.5) is 0 Å². The number of aromatic nitrogens is 2. The van der Waals surface area contributed by atoms with Crippen molar-refractivity contribution in [2.45, 2.75) is 52.1 Å². The van der Waals surface area contributed by atoms with E-state index in [2.05, 4.69) is 64.5 Å². The Morgan fingerprint density at radius 3 is 2.41 bits per heavy atom. The summed E-state index contributed by atoms with van der Waals surface area (Å²) >= 11 is 0. The van der Waals surface area contributed by atoms with Crippen molar-refractivity contribution in [1.29, 1.82) is 0 Å². The summed E-state index contributed by atoms with van der Waals surface area (Å²) < 4.78 is 2.15. The van der Waals surface area contributed by atoms with Crippen LogP contribution >= 0.6 is 0 Å². The van der Waals surface area contributed by atoms with Crippen LogP contribution in [-0.4, -0.2) is 45.5 Å². The molecule has 4 heteroatoms. The number of piperidine rings is 1. The Bertz CT molecular complexity index is 748. The zero-order valence-corrected chi connectivity index (χ0v) is 17.2. The van der Waals surface area contributed by atoms with Gasteiger partial charge in [0.25, 0.3) is 0 Å². The Labute approximate surface area is 164 Å². The highest BCUT2D eigenvalue weighted by molar-refractivity contribution is 5.24. The van der Waals surface area contributed by atoms with Gasteiger partial charge in [-0.15, -0.1) is 0 Å². The molecule has 0 radical (unpaired) electrons. The van der Waals surface area contributed by atoms with E-state index in [1.807, 2.05) is 12.4 Å². The molecule has 0 aliphatic carbocycles. The molecule has 1 spiro atoms. The van der Waals surface area contributed by atoms with Crippen molar-refractivity contribution in [3.05, 3.63) is 53.6 Å².